The van der Waals surface area contributed by atoms with Gasteiger partial charge in [-0.2, -0.15) is 0 Å². The Hall–Kier alpha value is -2.31. The average Bonchev–Trinajstić information content (AvgIpc) is 2.79. The number of hydrogen-bond acceptors (Lipinski definition) is 4. The third-order valence-electron chi connectivity index (χ3n) is 3.68. The molecule has 2 N–H and O–H groups in total. The number of rotatable bonds is 5. The molecule has 7 heteroatoms. The zero-order chi connectivity index (χ0) is 17.0. The number of aryl methyl sites for hydroxylation is 1. The summed E-state index contributed by atoms with van der Waals surface area (Å²) in [5, 5.41) is 2.65. The highest BCUT2D eigenvalue weighted by atomic mass is 16.5. The second-order valence-electron chi connectivity index (χ2n) is 5.10. The van der Waals surface area contributed by atoms with Crippen LogP contribution in [0.4, 0.5) is 4.79 Å². The van der Waals surface area contributed by atoms with Crippen molar-refractivity contribution in [2.45, 2.75) is 33.7 Å². The van der Waals surface area contributed by atoms with Gasteiger partial charge >= 0.3 is 12.0 Å². The average molecular weight is 309 g/mol. The Morgan fingerprint density at radius 2 is 1.91 bits per heavy atom. The van der Waals surface area contributed by atoms with Crippen LogP contribution in [0.3, 0.4) is 0 Å². The number of aromatic amines is 1. The number of aromatic nitrogens is 1. The topological polar surface area (TPSA) is 91.5 Å². The van der Waals surface area contributed by atoms with Gasteiger partial charge in [0.25, 0.3) is 0 Å². The molecule has 0 saturated carbocycles. The lowest BCUT2D eigenvalue weighted by Crippen LogP contribution is -2.45. The second-order valence-corrected chi connectivity index (χ2v) is 5.10. The molecule has 0 aromatic carbocycles. The minimum Gasteiger partial charge on any atom is -0.464 e. The monoisotopic (exact) mass is 309 g/mol. The fourth-order valence-corrected chi connectivity index (χ4v) is 2.26. The van der Waals surface area contributed by atoms with E-state index in [4.69, 9.17) is 0 Å². The van der Waals surface area contributed by atoms with E-state index in [1.54, 1.807) is 34.7 Å². The lowest BCUT2D eigenvalue weighted by molar-refractivity contribution is 0.0594. The predicted octanol–water partition coefficient (Wildman–Crippen LogP) is 1.65. The molecule has 1 unspecified atom stereocenters. The molecule has 0 aliphatic carbocycles. The van der Waals surface area contributed by atoms with Gasteiger partial charge < -0.3 is 19.9 Å². The van der Waals surface area contributed by atoms with Gasteiger partial charge in [-0.25, -0.2) is 9.59 Å². The summed E-state index contributed by atoms with van der Waals surface area (Å²) in [6.07, 6.45) is 0. The molecule has 0 bridgehead atoms. The lowest BCUT2D eigenvalue weighted by Gasteiger charge is -2.24. The SMILES string of the molecule is CCNC(=O)N(C)C(C)C(=O)c1c(C)[nH]c(C(=O)OC)c1C. The Balaban J connectivity index is 3.10. The van der Waals surface area contributed by atoms with Crippen LogP contribution in [0.1, 0.15) is 46.0 Å². The number of nitrogens with one attached hydrogen (secondary N) is 2. The number of H-pyrrole nitrogens is 1. The maximum Gasteiger partial charge on any atom is 0.354 e. The summed E-state index contributed by atoms with van der Waals surface area (Å²) in [6, 6.07) is -0.965. The van der Waals surface area contributed by atoms with Gasteiger partial charge in [0.05, 0.1) is 13.2 Å². The Bertz CT molecular complexity index is 592. The quantitative estimate of drug-likeness (QED) is 0.639. The van der Waals surface area contributed by atoms with Crippen molar-refractivity contribution in [1.82, 2.24) is 15.2 Å². The Kier molecular flexibility index (Phi) is 5.73. The summed E-state index contributed by atoms with van der Waals surface area (Å²) in [5.74, 6) is -0.750. The number of carbonyl (C=O) groups is 3. The van der Waals surface area contributed by atoms with E-state index in [-0.39, 0.29) is 17.5 Å². The van der Waals surface area contributed by atoms with Gasteiger partial charge in [-0.05, 0) is 33.3 Å². The number of ketones is 1. The van der Waals surface area contributed by atoms with Crippen molar-refractivity contribution in [3.63, 3.8) is 0 Å². The number of methoxy groups -OCH3 is 1. The molecule has 1 aromatic rings. The Labute approximate surface area is 130 Å². The van der Waals surface area contributed by atoms with E-state index in [1.165, 1.54) is 12.0 Å². The molecule has 0 spiro atoms. The van der Waals surface area contributed by atoms with Gasteiger partial charge in [0.1, 0.15) is 5.69 Å². The minimum atomic E-state index is -0.648. The number of likely N-dealkylation sites (N-methyl/N-ethyl adjacent to an activating group) is 1. The van der Waals surface area contributed by atoms with Crippen LogP contribution in [0, 0.1) is 13.8 Å². The number of urea groups is 1. The van der Waals surface area contributed by atoms with E-state index in [1.807, 2.05) is 0 Å². The van der Waals surface area contributed by atoms with Crippen molar-refractivity contribution in [2.24, 2.45) is 0 Å². The first-order valence-corrected chi connectivity index (χ1v) is 7.08. The molecule has 1 atom stereocenters. The highest BCUT2D eigenvalue weighted by Gasteiger charge is 2.29. The molecule has 0 aliphatic heterocycles. The highest BCUT2D eigenvalue weighted by molar-refractivity contribution is 6.06. The first-order chi connectivity index (χ1) is 10.3. The van der Waals surface area contributed by atoms with Crippen molar-refractivity contribution in [3.05, 3.63) is 22.5 Å². The van der Waals surface area contributed by atoms with Crippen molar-refractivity contribution in [1.29, 1.82) is 0 Å². The second kappa shape index (κ2) is 7.11. The molecule has 1 rings (SSSR count). The van der Waals surface area contributed by atoms with E-state index in [0.29, 0.717) is 23.4 Å². The van der Waals surface area contributed by atoms with Gasteiger partial charge in [-0.1, -0.05) is 0 Å². The van der Waals surface area contributed by atoms with Crippen molar-refractivity contribution in [3.8, 4) is 0 Å². The summed E-state index contributed by atoms with van der Waals surface area (Å²) in [4.78, 5) is 40.4. The number of hydrogen-bond donors (Lipinski definition) is 2. The van der Waals surface area contributed by atoms with E-state index >= 15 is 0 Å². The molecular weight excluding hydrogens is 286 g/mol. The number of esters is 1. The first-order valence-electron chi connectivity index (χ1n) is 7.08. The van der Waals surface area contributed by atoms with Crippen LogP contribution in [0.2, 0.25) is 0 Å². The molecule has 22 heavy (non-hydrogen) atoms. The number of carbonyl (C=O) groups excluding carboxylic acids is 3. The summed E-state index contributed by atoms with van der Waals surface area (Å²) >= 11 is 0. The van der Waals surface area contributed by atoms with Gasteiger partial charge in [0, 0.05) is 24.8 Å². The molecule has 1 aromatic heterocycles. The zero-order valence-corrected chi connectivity index (χ0v) is 13.9. The summed E-state index contributed by atoms with van der Waals surface area (Å²) in [5.41, 5.74) is 1.80. The fraction of sp³-hybridized carbons (Fsp3) is 0.533. The molecule has 0 radical (unpaired) electrons. The lowest BCUT2D eigenvalue weighted by atomic mass is 10.0. The fourth-order valence-electron chi connectivity index (χ4n) is 2.26. The minimum absolute atomic E-state index is 0.227. The van der Waals surface area contributed by atoms with Gasteiger partial charge in [-0.15, -0.1) is 0 Å². The van der Waals surface area contributed by atoms with Crippen LogP contribution in [-0.4, -0.2) is 54.4 Å². The smallest absolute Gasteiger partial charge is 0.354 e. The number of nitrogens with zero attached hydrogens (tertiary/aromatic N) is 1. The van der Waals surface area contributed by atoms with Crippen LogP contribution in [0.5, 0.6) is 0 Å². The normalized spacial score (nSPS) is 11.7. The highest BCUT2D eigenvalue weighted by Crippen LogP contribution is 2.21. The molecule has 0 saturated heterocycles. The molecule has 7 nitrogen and oxygen atoms in total. The molecule has 2 amide bonds. The zero-order valence-electron chi connectivity index (χ0n) is 13.9. The Morgan fingerprint density at radius 1 is 1.32 bits per heavy atom. The van der Waals surface area contributed by atoms with Crippen molar-refractivity contribution >= 4 is 17.8 Å². The van der Waals surface area contributed by atoms with Crippen molar-refractivity contribution in [2.75, 3.05) is 20.7 Å². The van der Waals surface area contributed by atoms with Crippen LogP contribution < -0.4 is 5.32 Å². The molecular formula is C15H23N3O4. The maximum absolute atomic E-state index is 12.7. The maximum atomic E-state index is 12.7. The first kappa shape index (κ1) is 17.7. The van der Waals surface area contributed by atoms with Crippen LogP contribution in [-0.2, 0) is 4.74 Å². The van der Waals surface area contributed by atoms with Gasteiger partial charge in [0.15, 0.2) is 5.78 Å². The number of amides is 2. The standard InChI is InChI=1S/C15H23N3O4/c1-7-16-15(21)18(5)10(4)13(19)11-8(2)12(14(20)22-6)17-9(11)3/h10,17H,7H2,1-6H3,(H,16,21). The molecule has 0 fully saturated rings. The predicted molar refractivity (Wildman–Crippen MR) is 82.2 cm³/mol. The number of ether oxygens (including phenoxy) is 1. The summed E-state index contributed by atoms with van der Waals surface area (Å²) in [7, 11) is 2.84. The van der Waals surface area contributed by atoms with E-state index < -0.39 is 12.0 Å². The number of Topliss-reactive ketones (excluding diaryl/α,β-unsaturated/α-hetero) is 1. The van der Waals surface area contributed by atoms with E-state index in [2.05, 4.69) is 15.0 Å². The third-order valence-corrected chi connectivity index (χ3v) is 3.68. The van der Waals surface area contributed by atoms with Crippen LogP contribution >= 0.6 is 0 Å². The molecule has 1 heterocycles. The largest absolute Gasteiger partial charge is 0.464 e. The van der Waals surface area contributed by atoms with Crippen LogP contribution in [0.25, 0.3) is 0 Å². The van der Waals surface area contributed by atoms with E-state index in [0.717, 1.165) is 0 Å². The summed E-state index contributed by atoms with van der Waals surface area (Å²) in [6.45, 7) is 7.34. The van der Waals surface area contributed by atoms with Crippen molar-refractivity contribution < 1.29 is 19.1 Å². The van der Waals surface area contributed by atoms with E-state index in [9.17, 15) is 14.4 Å². The van der Waals surface area contributed by atoms with Gasteiger partial charge in [0.2, 0.25) is 0 Å². The third kappa shape index (κ3) is 3.29. The molecule has 122 valence electrons. The van der Waals surface area contributed by atoms with Gasteiger partial charge in [-0.3, -0.25) is 4.79 Å². The Morgan fingerprint density at radius 3 is 2.41 bits per heavy atom. The molecule has 0 aliphatic rings. The summed E-state index contributed by atoms with van der Waals surface area (Å²) < 4.78 is 4.69. The van der Waals surface area contributed by atoms with Crippen LogP contribution in [0.15, 0.2) is 0 Å².